The van der Waals surface area contributed by atoms with Crippen molar-refractivity contribution in [2.24, 2.45) is 0 Å². The minimum absolute atomic E-state index is 0.376. The summed E-state index contributed by atoms with van der Waals surface area (Å²) in [6, 6.07) is 12.6. The van der Waals surface area contributed by atoms with E-state index in [0.29, 0.717) is 23.7 Å². The van der Waals surface area contributed by atoms with Crippen LogP contribution in [0.1, 0.15) is 16.7 Å². The highest BCUT2D eigenvalue weighted by Gasteiger charge is 2.31. The number of hydrogen-bond donors (Lipinski definition) is 1. The first-order valence-corrected chi connectivity index (χ1v) is 7.85. The Kier molecular flexibility index (Phi) is 3.03. The molecule has 5 heteroatoms. The van der Waals surface area contributed by atoms with Gasteiger partial charge in [0.1, 0.15) is 0 Å². The van der Waals surface area contributed by atoms with Crippen molar-refractivity contribution in [1.82, 2.24) is 4.31 Å². The molecule has 0 unspecified atom stereocenters. The summed E-state index contributed by atoms with van der Waals surface area (Å²) >= 11 is 0. The smallest absolute Gasteiger partial charge is 0.243 e. The molecule has 2 aromatic carbocycles. The molecule has 0 amide bonds. The average Bonchev–Trinajstić information content (AvgIpc) is 2.82. The summed E-state index contributed by atoms with van der Waals surface area (Å²) in [6.45, 7) is 2.61. The van der Waals surface area contributed by atoms with Crippen molar-refractivity contribution in [3.05, 3.63) is 59.2 Å². The molecule has 20 heavy (non-hydrogen) atoms. The fourth-order valence-electron chi connectivity index (χ4n) is 2.54. The van der Waals surface area contributed by atoms with Gasteiger partial charge >= 0.3 is 0 Å². The predicted octanol–water partition coefficient (Wildman–Crippen LogP) is 2.28. The summed E-state index contributed by atoms with van der Waals surface area (Å²) in [5, 5.41) is 0. The van der Waals surface area contributed by atoms with E-state index >= 15 is 0 Å². The van der Waals surface area contributed by atoms with Gasteiger partial charge in [0, 0.05) is 18.8 Å². The summed E-state index contributed by atoms with van der Waals surface area (Å²) in [6.07, 6.45) is 0. The normalized spacial score (nSPS) is 15.2. The molecule has 0 bridgehead atoms. The van der Waals surface area contributed by atoms with Crippen LogP contribution < -0.4 is 5.73 Å². The van der Waals surface area contributed by atoms with Crippen LogP contribution in [0.5, 0.6) is 0 Å². The van der Waals surface area contributed by atoms with Crippen LogP contribution in [0.25, 0.3) is 0 Å². The molecule has 0 fully saturated rings. The Hall–Kier alpha value is -1.85. The molecule has 0 aromatic heterocycles. The number of sulfonamides is 1. The second-order valence-corrected chi connectivity index (χ2v) is 6.97. The summed E-state index contributed by atoms with van der Waals surface area (Å²) < 4.78 is 26.9. The lowest BCUT2D eigenvalue weighted by Crippen LogP contribution is -2.26. The largest absolute Gasteiger partial charge is 0.399 e. The van der Waals surface area contributed by atoms with Crippen molar-refractivity contribution in [2.75, 3.05) is 5.73 Å². The van der Waals surface area contributed by atoms with E-state index in [4.69, 9.17) is 5.73 Å². The van der Waals surface area contributed by atoms with Crippen LogP contribution in [0.4, 0.5) is 5.69 Å². The van der Waals surface area contributed by atoms with Crippen molar-refractivity contribution in [3.63, 3.8) is 0 Å². The topological polar surface area (TPSA) is 63.4 Å². The molecule has 1 heterocycles. The maximum Gasteiger partial charge on any atom is 0.243 e. The second-order valence-electron chi connectivity index (χ2n) is 5.07. The summed E-state index contributed by atoms with van der Waals surface area (Å²) in [7, 11) is -3.46. The molecular weight excluding hydrogens is 272 g/mol. The van der Waals surface area contributed by atoms with E-state index in [1.165, 1.54) is 4.31 Å². The van der Waals surface area contributed by atoms with E-state index in [2.05, 4.69) is 0 Å². The molecule has 104 valence electrons. The average molecular weight is 288 g/mol. The summed E-state index contributed by atoms with van der Waals surface area (Å²) in [5.41, 5.74) is 9.20. The Bertz CT molecular complexity index is 769. The standard InChI is InChI=1S/C15H16N2O2S/c1-11-4-2-3-5-15(11)20(18,19)17-9-12-6-7-14(16)8-13(12)10-17/h2-8H,9-10,16H2,1H3. The lowest BCUT2D eigenvalue weighted by molar-refractivity contribution is 0.431. The number of nitrogens with zero attached hydrogens (tertiary/aromatic N) is 1. The number of aryl methyl sites for hydroxylation is 1. The van der Waals surface area contributed by atoms with Gasteiger partial charge in [-0.25, -0.2) is 8.42 Å². The quantitative estimate of drug-likeness (QED) is 0.862. The lowest BCUT2D eigenvalue weighted by atomic mass is 10.1. The molecular formula is C15H16N2O2S. The number of fused-ring (bicyclic) bond motifs is 1. The first kappa shape index (κ1) is 13.1. The minimum atomic E-state index is -3.46. The molecule has 1 aliphatic heterocycles. The van der Waals surface area contributed by atoms with Gasteiger partial charge in [0.2, 0.25) is 10.0 Å². The number of nitrogens with two attached hydrogens (primary N) is 1. The third-order valence-corrected chi connectivity index (χ3v) is 5.59. The molecule has 1 aliphatic rings. The van der Waals surface area contributed by atoms with Crippen LogP contribution in [-0.2, 0) is 23.1 Å². The van der Waals surface area contributed by atoms with Crippen molar-refractivity contribution in [3.8, 4) is 0 Å². The highest BCUT2D eigenvalue weighted by Crippen LogP contribution is 2.30. The van der Waals surface area contributed by atoms with E-state index in [9.17, 15) is 8.42 Å². The zero-order valence-corrected chi connectivity index (χ0v) is 12.0. The van der Waals surface area contributed by atoms with Gasteiger partial charge in [0.15, 0.2) is 0 Å². The predicted molar refractivity (Wildman–Crippen MR) is 78.5 cm³/mol. The highest BCUT2D eigenvalue weighted by atomic mass is 32.2. The van der Waals surface area contributed by atoms with Crippen LogP contribution in [0.2, 0.25) is 0 Å². The minimum Gasteiger partial charge on any atom is -0.399 e. The molecule has 2 N–H and O–H groups in total. The van der Waals surface area contributed by atoms with Gasteiger partial charge in [0.05, 0.1) is 4.90 Å². The van der Waals surface area contributed by atoms with Gasteiger partial charge < -0.3 is 5.73 Å². The summed E-state index contributed by atoms with van der Waals surface area (Å²) in [5.74, 6) is 0. The monoisotopic (exact) mass is 288 g/mol. The van der Waals surface area contributed by atoms with Crippen LogP contribution in [0.3, 0.4) is 0 Å². The third kappa shape index (κ3) is 2.09. The van der Waals surface area contributed by atoms with Crippen LogP contribution >= 0.6 is 0 Å². The van der Waals surface area contributed by atoms with Gasteiger partial charge in [0.25, 0.3) is 0 Å². The van der Waals surface area contributed by atoms with Crippen molar-refractivity contribution >= 4 is 15.7 Å². The Morgan fingerprint density at radius 1 is 1.05 bits per heavy atom. The Balaban J connectivity index is 1.98. The zero-order valence-electron chi connectivity index (χ0n) is 11.2. The molecule has 0 spiro atoms. The first-order valence-electron chi connectivity index (χ1n) is 6.41. The Labute approximate surface area is 118 Å². The van der Waals surface area contributed by atoms with Gasteiger partial charge in [-0.1, -0.05) is 24.3 Å². The van der Waals surface area contributed by atoms with E-state index in [0.717, 1.165) is 16.7 Å². The lowest BCUT2D eigenvalue weighted by Gasteiger charge is -2.17. The van der Waals surface area contributed by atoms with Gasteiger partial charge in [-0.05, 0) is 41.8 Å². The van der Waals surface area contributed by atoms with E-state index < -0.39 is 10.0 Å². The molecule has 0 saturated carbocycles. The molecule has 4 nitrogen and oxygen atoms in total. The number of nitrogen functional groups attached to an aromatic ring is 1. The SMILES string of the molecule is Cc1ccccc1S(=O)(=O)N1Cc2ccc(N)cc2C1. The molecule has 0 aliphatic carbocycles. The van der Waals surface area contributed by atoms with Gasteiger partial charge in [-0.3, -0.25) is 0 Å². The maximum absolute atomic E-state index is 12.7. The molecule has 0 atom stereocenters. The third-order valence-electron chi connectivity index (χ3n) is 3.64. The maximum atomic E-state index is 12.7. The highest BCUT2D eigenvalue weighted by molar-refractivity contribution is 7.89. The molecule has 0 saturated heterocycles. The van der Waals surface area contributed by atoms with Crippen molar-refractivity contribution in [2.45, 2.75) is 24.9 Å². The number of anilines is 1. The zero-order chi connectivity index (χ0) is 14.3. The fraction of sp³-hybridized carbons (Fsp3) is 0.200. The second kappa shape index (κ2) is 4.61. The number of rotatable bonds is 2. The van der Waals surface area contributed by atoms with Crippen LogP contribution in [-0.4, -0.2) is 12.7 Å². The fourth-order valence-corrected chi connectivity index (χ4v) is 4.16. The van der Waals surface area contributed by atoms with E-state index in [1.54, 1.807) is 12.1 Å². The Morgan fingerprint density at radius 3 is 2.50 bits per heavy atom. The van der Waals surface area contributed by atoms with E-state index in [-0.39, 0.29) is 0 Å². The van der Waals surface area contributed by atoms with Crippen molar-refractivity contribution < 1.29 is 8.42 Å². The van der Waals surface area contributed by atoms with Gasteiger partial charge in [-0.2, -0.15) is 4.31 Å². The Morgan fingerprint density at radius 2 is 1.75 bits per heavy atom. The van der Waals surface area contributed by atoms with Crippen molar-refractivity contribution in [1.29, 1.82) is 0 Å². The van der Waals surface area contributed by atoms with Crippen LogP contribution in [0.15, 0.2) is 47.4 Å². The number of benzene rings is 2. The van der Waals surface area contributed by atoms with Gasteiger partial charge in [-0.15, -0.1) is 0 Å². The molecule has 3 rings (SSSR count). The van der Waals surface area contributed by atoms with Crippen LogP contribution in [0, 0.1) is 6.92 Å². The summed E-state index contributed by atoms with van der Waals surface area (Å²) in [4.78, 5) is 0.376. The number of hydrogen-bond acceptors (Lipinski definition) is 3. The van der Waals surface area contributed by atoms with E-state index in [1.807, 2.05) is 37.3 Å². The molecule has 0 radical (unpaired) electrons. The first-order chi connectivity index (χ1) is 9.48. The molecule has 2 aromatic rings.